The minimum atomic E-state index is -0.464. The zero-order chi connectivity index (χ0) is 20.9. The van der Waals surface area contributed by atoms with Crippen LogP contribution in [-0.4, -0.2) is 64.8 Å². The number of hydrogen-bond donors (Lipinski definition) is 1. The number of hydrogen-bond acceptors (Lipinski definition) is 5. The minimum absolute atomic E-state index is 0.00000362. The lowest BCUT2D eigenvalue weighted by atomic mass is 9.60. The van der Waals surface area contributed by atoms with Crippen LogP contribution in [0.3, 0.4) is 0 Å². The maximum atomic E-state index is 13.1. The minimum Gasteiger partial charge on any atom is -0.454 e. The summed E-state index contributed by atoms with van der Waals surface area (Å²) in [5.74, 6) is 1.13. The summed E-state index contributed by atoms with van der Waals surface area (Å²) in [6.45, 7) is 2.79. The number of carbonyl (C=O) groups is 2. The van der Waals surface area contributed by atoms with E-state index >= 15 is 0 Å². The molecule has 2 aromatic carbocycles. The van der Waals surface area contributed by atoms with Gasteiger partial charge in [-0.05, 0) is 23.8 Å². The van der Waals surface area contributed by atoms with Crippen molar-refractivity contribution in [3.05, 3.63) is 59.7 Å². The molecule has 0 saturated carbocycles. The molecule has 3 aliphatic heterocycles. The molecule has 156 valence electrons. The van der Waals surface area contributed by atoms with Gasteiger partial charge in [-0.25, -0.2) is 0 Å². The number of fused-ring (bicyclic) bond motifs is 1. The third-order valence-corrected chi connectivity index (χ3v) is 6.53. The Hall–Kier alpha value is -3.06. The van der Waals surface area contributed by atoms with Crippen LogP contribution in [-0.2, 0) is 4.79 Å². The summed E-state index contributed by atoms with van der Waals surface area (Å²) < 4.78 is 10.7. The second-order valence-corrected chi connectivity index (χ2v) is 8.09. The van der Waals surface area contributed by atoms with Crippen molar-refractivity contribution in [1.29, 1.82) is 0 Å². The lowest BCUT2D eigenvalue weighted by Crippen LogP contribution is -2.85. The predicted molar refractivity (Wildman–Crippen MR) is 108 cm³/mol. The number of aliphatic hydroxyl groups excluding tert-OH is 1. The van der Waals surface area contributed by atoms with Crippen LogP contribution in [0.5, 0.6) is 11.5 Å². The molecule has 3 aliphatic rings. The number of aliphatic hydroxyl groups is 1. The van der Waals surface area contributed by atoms with Gasteiger partial charge in [0, 0.05) is 31.0 Å². The summed E-state index contributed by atoms with van der Waals surface area (Å²) >= 11 is 0. The topological polar surface area (TPSA) is 79.3 Å². The fourth-order valence-electron chi connectivity index (χ4n) is 5.21. The number of benzene rings is 2. The van der Waals surface area contributed by atoms with Crippen LogP contribution in [0, 0.1) is 0 Å². The molecule has 2 aromatic rings. The third-order valence-electron chi connectivity index (χ3n) is 6.53. The number of likely N-dealkylation sites (tertiary alicyclic amines) is 2. The van der Waals surface area contributed by atoms with E-state index in [2.05, 4.69) is 0 Å². The Labute approximate surface area is 174 Å². The maximum absolute atomic E-state index is 13.1. The van der Waals surface area contributed by atoms with Gasteiger partial charge in [-0.3, -0.25) is 9.59 Å². The molecule has 0 aliphatic carbocycles. The van der Waals surface area contributed by atoms with Crippen molar-refractivity contribution in [3.8, 4) is 11.5 Å². The van der Waals surface area contributed by atoms with E-state index in [1.54, 1.807) is 23.1 Å². The third kappa shape index (κ3) is 2.61. The molecule has 1 spiro atoms. The van der Waals surface area contributed by atoms with Crippen molar-refractivity contribution in [2.75, 3.05) is 26.5 Å². The molecule has 2 saturated heterocycles. The van der Waals surface area contributed by atoms with Gasteiger partial charge >= 0.3 is 0 Å². The summed E-state index contributed by atoms with van der Waals surface area (Å²) in [6.07, 6.45) is 0.371. The highest BCUT2D eigenvalue weighted by Crippen LogP contribution is 2.54. The Balaban J connectivity index is 1.41. The molecule has 1 N–H and O–H groups in total. The number of ether oxygens (including phenoxy) is 2. The van der Waals surface area contributed by atoms with Gasteiger partial charge in [0.05, 0.1) is 18.2 Å². The largest absolute Gasteiger partial charge is 0.454 e. The molecule has 30 heavy (non-hydrogen) atoms. The van der Waals surface area contributed by atoms with Crippen LogP contribution in [0.15, 0.2) is 48.5 Å². The Kier molecular flexibility index (Phi) is 4.43. The smallest absolute Gasteiger partial charge is 0.254 e. The van der Waals surface area contributed by atoms with E-state index in [1.165, 1.54) is 0 Å². The molecule has 2 atom stereocenters. The average Bonchev–Trinajstić information content (AvgIpc) is 3.20. The first-order chi connectivity index (χ1) is 14.6. The van der Waals surface area contributed by atoms with Crippen molar-refractivity contribution < 1.29 is 24.2 Å². The van der Waals surface area contributed by atoms with Gasteiger partial charge in [0.15, 0.2) is 11.5 Å². The molecule has 0 unspecified atom stereocenters. The molecule has 3 heterocycles. The highest BCUT2D eigenvalue weighted by molar-refractivity contribution is 5.96. The van der Waals surface area contributed by atoms with Crippen LogP contribution in [0.1, 0.15) is 35.2 Å². The highest BCUT2D eigenvalue weighted by atomic mass is 16.7. The lowest BCUT2D eigenvalue weighted by Gasteiger charge is -2.70. The van der Waals surface area contributed by atoms with Crippen molar-refractivity contribution in [2.24, 2.45) is 0 Å². The van der Waals surface area contributed by atoms with E-state index in [1.807, 2.05) is 42.2 Å². The van der Waals surface area contributed by atoms with E-state index < -0.39 is 5.54 Å². The summed E-state index contributed by atoms with van der Waals surface area (Å²) in [6, 6.07) is 14.9. The monoisotopic (exact) mass is 408 g/mol. The predicted octanol–water partition coefficient (Wildman–Crippen LogP) is 2.01. The SMILES string of the molecule is CCC(=O)N1[C@@H](CO)[C@@H](c2ccccc2)C12CN(C(=O)c1ccc3c(c1)OCO3)C2. The molecule has 7 nitrogen and oxygen atoms in total. The van der Waals surface area contributed by atoms with Crippen LogP contribution in [0.2, 0.25) is 0 Å². The average molecular weight is 408 g/mol. The van der Waals surface area contributed by atoms with E-state index in [0.717, 1.165) is 5.56 Å². The second kappa shape index (κ2) is 7.02. The molecule has 7 heteroatoms. The van der Waals surface area contributed by atoms with Crippen LogP contribution >= 0.6 is 0 Å². The molecule has 2 fully saturated rings. The van der Waals surface area contributed by atoms with Crippen LogP contribution in [0.25, 0.3) is 0 Å². The Morgan fingerprint density at radius 1 is 1.10 bits per heavy atom. The van der Waals surface area contributed by atoms with Crippen molar-refractivity contribution in [2.45, 2.75) is 30.8 Å². The van der Waals surface area contributed by atoms with Gasteiger partial charge in [0.2, 0.25) is 12.7 Å². The van der Waals surface area contributed by atoms with Crippen LogP contribution in [0.4, 0.5) is 0 Å². The Morgan fingerprint density at radius 2 is 1.83 bits per heavy atom. The summed E-state index contributed by atoms with van der Waals surface area (Å²) in [5, 5.41) is 10.0. The summed E-state index contributed by atoms with van der Waals surface area (Å²) in [4.78, 5) is 29.4. The molecule has 2 amide bonds. The quantitative estimate of drug-likeness (QED) is 0.837. The van der Waals surface area contributed by atoms with Gasteiger partial charge in [-0.15, -0.1) is 0 Å². The Bertz CT molecular complexity index is 986. The van der Waals surface area contributed by atoms with E-state index in [4.69, 9.17) is 9.47 Å². The van der Waals surface area contributed by atoms with E-state index in [9.17, 15) is 14.7 Å². The first kappa shape index (κ1) is 18.9. The van der Waals surface area contributed by atoms with Crippen LogP contribution < -0.4 is 9.47 Å². The number of carbonyl (C=O) groups excluding carboxylic acids is 2. The zero-order valence-corrected chi connectivity index (χ0v) is 16.8. The number of rotatable bonds is 4. The fraction of sp³-hybridized carbons (Fsp3) is 0.391. The van der Waals surface area contributed by atoms with Crippen molar-refractivity contribution in [1.82, 2.24) is 9.80 Å². The summed E-state index contributed by atoms with van der Waals surface area (Å²) in [7, 11) is 0. The van der Waals surface area contributed by atoms with E-state index in [0.29, 0.717) is 36.6 Å². The molecule has 0 aromatic heterocycles. The first-order valence-electron chi connectivity index (χ1n) is 10.3. The standard InChI is InChI=1S/C23H24N2O5/c1-2-20(27)25-17(11-26)21(15-6-4-3-5-7-15)23(25)12-24(13-23)22(28)16-8-9-18-19(10-16)30-14-29-18/h3-10,17,21,26H,2,11-14H2,1H3/t17-,21+/m0/s1. The molecule has 5 rings (SSSR count). The first-order valence-corrected chi connectivity index (χ1v) is 10.3. The molecular formula is C23H24N2O5. The fourth-order valence-corrected chi connectivity index (χ4v) is 5.21. The van der Waals surface area contributed by atoms with Crippen molar-refractivity contribution in [3.63, 3.8) is 0 Å². The zero-order valence-electron chi connectivity index (χ0n) is 16.8. The number of amides is 2. The lowest BCUT2D eigenvalue weighted by molar-refractivity contribution is -0.193. The molecule has 0 radical (unpaired) electrons. The highest BCUT2D eigenvalue weighted by Gasteiger charge is 2.67. The van der Waals surface area contributed by atoms with Gasteiger partial charge < -0.3 is 24.4 Å². The van der Waals surface area contributed by atoms with Gasteiger partial charge in [0.25, 0.3) is 5.91 Å². The van der Waals surface area contributed by atoms with Gasteiger partial charge in [0.1, 0.15) is 0 Å². The molecule has 0 bridgehead atoms. The molecular weight excluding hydrogens is 384 g/mol. The van der Waals surface area contributed by atoms with Crippen molar-refractivity contribution >= 4 is 11.8 Å². The maximum Gasteiger partial charge on any atom is 0.254 e. The van der Waals surface area contributed by atoms with E-state index in [-0.39, 0.29) is 37.2 Å². The second-order valence-electron chi connectivity index (χ2n) is 8.09. The summed E-state index contributed by atoms with van der Waals surface area (Å²) in [5.41, 5.74) is 1.16. The number of nitrogens with zero attached hydrogens (tertiary/aromatic N) is 2. The normalized spacial score (nSPS) is 23.1. The van der Waals surface area contributed by atoms with Gasteiger partial charge in [-0.1, -0.05) is 37.3 Å². The Morgan fingerprint density at radius 3 is 2.53 bits per heavy atom. The van der Waals surface area contributed by atoms with Gasteiger partial charge in [-0.2, -0.15) is 0 Å².